The molecule has 0 saturated carbocycles. The van der Waals surface area contributed by atoms with Crippen LogP contribution in [0.1, 0.15) is 12.0 Å². The van der Waals surface area contributed by atoms with Gasteiger partial charge in [0.1, 0.15) is 38.1 Å². The lowest BCUT2D eigenvalue weighted by molar-refractivity contribution is -0.191. The van der Waals surface area contributed by atoms with E-state index in [1.54, 1.807) is 13.0 Å². The highest BCUT2D eigenvalue weighted by Gasteiger charge is 2.25. The van der Waals surface area contributed by atoms with Gasteiger partial charge in [0.15, 0.2) is 11.4 Å². The average molecular weight is 1270 g/mol. The molecule has 0 atom stereocenters. The predicted octanol–water partition coefficient (Wildman–Crippen LogP) is 4.65. The molecule has 0 radical (unpaired) electrons. The number of fused-ring (bicyclic) bond motifs is 2. The first kappa shape index (κ1) is 64.4. The summed E-state index contributed by atoms with van der Waals surface area (Å²) in [6.07, 6.45) is 0.902. The third-order valence-corrected chi connectivity index (χ3v) is 14.5. The molecular formula is C37H29N9O26S8. The van der Waals surface area contributed by atoms with Crippen LogP contribution in [0.25, 0.3) is 26.7 Å². The predicted molar refractivity (Wildman–Crippen MR) is 264 cm³/mol. The van der Waals surface area contributed by atoms with Crippen LogP contribution in [0.5, 0.6) is 17.4 Å². The monoisotopic (exact) mass is 1270 g/mol. The van der Waals surface area contributed by atoms with Crippen LogP contribution < -0.4 is 4.74 Å². The number of aryl methyl sites for hydroxylation is 1. The fourth-order valence-corrected chi connectivity index (χ4v) is 10.2. The molecule has 2 aromatic heterocycles. The topological polar surface area (TPSA) is 563 Å². The number of ether oxygens (including phenoxy) is 1. The number of hydrogen-bond acceptors (Lipinski definition) is 30. The summed E-state index contributed by atoms with van der Waals surface area (Å²) in [5.74, 6) is -2.30. The third kappa shape index (κ3) is 17.9. The number of aromatic nitrogens is 3. The van der Waals surface area contributed by atoms with Gasteiger partial charge >= 0.3 is 27.4 Å². The van der Waals surface area contributed by atoms with Gasteiger partial charge in [0.2, 0.25) is 11.0 Å². The second-order valence-corrected chi connectivity index (χ2v) is 23.5. The van der Waals surface area contributed by atoms with Crippen LogP contribution in [0.2, 0.25) is 0 Å². The second kappa shape index (κ2) is 26.2. The number of carbonyl (C=O) groups excluding carboxylic acids is 2. The number of thiazole rings is 1. The fourth-order valence-electron chi connectivity index (χ4n) is 6.20. The van der Waals surface area contributed by atoms with Gasteiger partial charge < -0.3 is 14.9 Å². The Morgan fingerprint density at radius 1 is 0.625 bits per heavy atom. The second-order valence-electron chi connectivity index (χ2n) is 14.6. The summed E-state index contributed by atoms with van der Waals surface area (Å²) in [7, 11) is -30.5. The number of azo groups is 3. The van der Waals surface area contributed by atoms with Crippen molar-refractivity contribution in [3.63, 3.8) is 0 Å². The third-order valence-electron chi connectivity index (χ3n) is 9.27. The van der Waals surface area contributed by atoms with Crippen LogP contribution in [0.3, 0.4) is 0 Å². The molecule has 426 valence electrons. The minimum Gasteiger partial charge on any atom is -0.505 e. The Kier molecular flexibility index (Phi) is 21.1. The molecule has 0 saturated heterocycles. The van der Waals surface area contributed by atoms with Crippen LogP contribution in [-0.2, 0) is 81.4 Å². The number of phenolic OH excluding ortho intramolecular Hbond substituents is 1. The number of phenols is 1. The van der Waals surface area contributed by atoms with E-state index in [1.807, 2.05) is 0 Å². The highest BCUT2D eigenvalue weighted by Crippen LogP contribution is 2.44. The Balaban J connectivity index is 0.00000115. The molecule has 2 heterocycles. The van der Waals surface area contributed by atoms with Crippen molar-refractivity contribution < 1.29 is 115 Å². The Morgan fingerprint density at radius 3 is 1.70 bits per heavy atom. The van der Waals surface area contributed by atoms with E-state index in [1.165, 1.54) is 18.2 Å². The van der Waals surface area contributed by atoms with Crippen molar-refractivity contribution in [3.05, 3.63) is 84.6 Å². The van der Waals surface area contributed by atoms with E-state index in [2.05, 4.69) is 40.8 Å². The Morgan fingerprint density at radius 2 is 1.15 bits per heavy atom. The molecule has 0 amide bonds. The number of para-hydroxylation sites is 1. The zero-order valence-corrected chi connectivity index (χ0v) is 45.3. The summed E-state index contributed by atoms with van der Waals surface area (Å²) in [4.78, 5) is 17.1. The molecule has 35 nitrogen and oxygen atoms in total. The van der Waals surface area contributed by atoms with Crippen LogP contribution in [0.4, 0.5) is 33.6 Å². The first-order valence-corrected chi connectivity index (χ1v) is 30.2. The van der Waals surface area contributed by atoms with E-state index in [4.69, 9.17) is 39.6 Å². The zero-order valence-electron chi connectivity index (χ0n) is 38.8. The number of rotatable bonds is 16. The standard InChI is InChI=1S/C36H29N9O18S6.CO2.2O3S/c1-18-12-27(29(63-10-3-11-65(48,49)50)16-26(18)41-44-36-38-32-30(64-36)4-2-5-31(32)68(57,58)59)42-39-24-8-7-23-22(33(24)46)6-9-25(34(23)69(60,61)62)40-43-28-17-37-45(35(28)47)19-13-20(66(51,52)53)15-21(14-19)67(54,55)56;2-1-3;2*1-4(2)3/h2,4-9,12-17,46-47H,3,10-11H2,1H3,(H,48,49,50)(H,51,52,53)(H,54,55,56)(H,57,58,59)(H,60,61,62);;;. The van der Waals surface area contributed by atoms with Crippen molar-refractivity contribution in [1.82, 2.24) is 14.8 Å². The minimum absolute atomic E-state index is 0.0106. The molecule has 0 fully saturated rings. The lowest BCUT2D eigenvalue weighted by atomic mass is 10.1. The Bertz CT molecular complexity index is 4460. The van der Waals surface area contributed by atoms with Gasteiger partial charge in [-0.05, 0) is 73.5 Å². The summed E-state index contributed by atoms with van der Waals surface area (Å²) in [5.41, 5.74) is -1.34. The van der Waals surface area contributed by atoms with Gasteiger partial charge in [0.05, 0.1) is 44.4 Å². The molecule has 0 spiro atoms. The normalized spacial score (nSPS) is 12.1. The van der Waals surface area contributed by atoms with Crippen molar-refractivity contribution in [3.8, 4) is 23.1 Å². The first-order valence-electron chi connectivity index (χ1n) is 20.0. The first-order chi connectivity index (χ1) is 37.0. The largest absolute Gasteiger partial charge is 0.505 e. The maximum Gasteiger partial charge on any atom is 0.425 e. The molecule has 0 unspecified atom stereocenters. The van der Waals surface area contributed by atoms with Crippen molar-refractivity contribution in [2.75, 3.05) is 12.4 Å². The molecule has 7 rings (SSSR count). The molecular weight excluding hydrogens is 1240 g/mol. The summed E-state index contributed by atoms with van der Waals surface area (Å²) in [6, 6.07) is 13.1. The molecule has 7 N–H and O–H groups in total. The van der Waals surface area contributed by atoms with E-state index < -0.39 is 126 Å². The maximum absolute atomic E-state index is 12.8. The van der Waals surface area contributed by atoms with Crippen molar-refractivity contribution in [2.45, 2.75) is 32.9 Å². The van der Waals surface area contributed by atoms with Crippen molar-refractivity contribution in [2.24, 2.45) is 30.7 Å². The van der Waals surface area contributed by atoms with Gasteiger partial charge in [-0.15, -0.1) is 55.9 Å². The zero-order chi connectivity index (χ0) is 60.3. The van der Waals surface area contributed by atoms with Gasteiger partial charge in [-0.2, -0.15) is 61.5 Å². The SMILES string of the molecule is Cc1cc(N=Nc2ccc3c(S(=O)(=O)O)c(N=Nc4cnn(-c5cc(S(=O)(=O)O)cc(S(=O)(=O)O)c5)c4O)ccc3c2O)c(OCCCS(=O)(=O)O)cc1N=Nc1nc2c(S(=O)(=O)O)cccc2s1.O=C=O.O=S(=O)=O.O=S(=O)=O. The summed E-state index contributed by atoms with van der Waals surface area (Å²) < 4.78 is 224. The number of aromatic hydroxyl groups is 2. The smallest absolute Gasteiger partial charge is 0.425 e. The van der Waals surface area contributed by atoms with Crippen LogP contribution >= 0.6 is 11.3 Å². The molecule has 80 heavy (non-hydrogen) atoms. The van der Waals surface area contributed by atoms with Gasteiger partial charge in [-0.25, -0.2) is 4.98 Å². The Hall–Kier alpha value is -8.17. The molecule has 0 aliphatic carbocycles. The van der Waals surface area contributed by atoms with Crippen molar-refractivity contribution >= 4 is 144 Å². The average Bonchev–Trinajstić information content (AvgIpc) is 3.92. The number of benzene rings is 5. The molecule has 0 aliphatic heterocycles. The minimum atomic E-state index is -5.19. The highest BCUT2D eigenvalue weighted by molar-refractivity contribution is 7.87. The van der Waals surface area contributed by atoms with Crippen LogP contribution in [-0.4, -0.2) is 134 Å². The van der Waals surface area contributed by atoms with Crippen LogP contribution in [0, 0.1) is 6.92 Å². The molecule has 0 bridgehead atoms. The molecule has 43 heteroatoms. The van der Waals surface area contributed by atoms with E-state index in [-0.39, 0.29) is 63.4 Å². The van der Waals surface area contributed by atoms with Gasteiger partial charge in [-0.1, -0.05) is 23.5 Å². The van der Waals surface area contributed by atoms with Crippen LogP contribution in [0.15, 0.2) is 129 Å². The summed E-state index contributed by atoms with van der Waals surface area (Å²) in [6.45, 7) is 1.31. The van der Waals surface area contributed by atoms with E-state index in [9.17, 15) is 75.1 Å². The number of hydrogen-bond donors (Lipinski definition) is 7. The van der Waals surface area contributed by atoms with Gasteiger partial charge in [-0.3, -0.25) is 22.8 Å². The lowest BCUT2D eigenvalue weighted by Gasteiger charge is -2.11. The quantitative estimate of drug-likeness (QED) is 0.0393. The van der Waals surface area contributed by atoms with E-state index in [0.29, 0.717) is 33.1 Å². The maximum atomic E-state index is 12.8. The Labute approximate surface area is 454 Å². The highest BCUT2D eigenvalue weighted by atomic mass is 32.2. The molecule has 7 aromatic rings. The summed E-state index contributed by atoms with van der Waals surface area (Å²) in [5, 5.41) is 49.4. The summed E-state index contributed by atoms with van der Waals surface area (Å²) >= 11 is 0.967. The number of nitrogens with zero attached hydrogens (tertiary/aromatic N) is 9. The fraction of sp³-hybridized carbons (Fsp3) is 0.108. The van der Waals surface area contributed by atoms with Crippen molar-refractivity contribution in [1.29, 1.82) is 0 Å². The van der Waals surface area contributed by atoms with E-state index >= 15 is 0 Å². The molecule has 0 aliphatic rings. The molecule has 5 aromatic carbocycles. The van der Waals surface area contributed by atoms with Gasteiger partial charge in [0.25, 0.3) is 50.6 Å². The van der Waals surface area contributed by atoms with E-state index in [0.717, 1.165) is 47.9 Å². The van der Waals surface area contributed by atoms with Gasteiger partial charge in [0, 0.05) is 16.8 Å². The lowest BCUT2D eigenvalue weighted by Crippen LogP contribution is -2.08.